The topological polar surface area (TPSA) is 94.2 Å². The number of ether oxygens (including phenoxy) is 3. The number of anilines is 1. The van der Waals surface area contributed by atoms with Crippen molar-refractivity contribution in [2.75, 3.05) is 52.8 Å². The summed E-state index contributed by atoms with van der Waals surface area (Å²) >= 11 is 0. The summed E-state index contributed by atoms with van der Waals surface area (Å²) in [4.78, 5) is 23.9. The molecule has 1 N–H and O–H groups in total. The average molecular weight is 692 g/mol. The zero-order valence-electron chi connectivity index (χ0n) is 30.2. The molecule has 10 nitrogen and oxygen atoms in total. The van der Waals surface area contributed by atoms with E-state index in [0.29, 0.717) is 42.9 Å². The number of imidazole rings is 1. The fourth-order valence-electron chi connectivity index (χ4n) is 7.89. The third-order valence-corrected chi connectivity index (χ3v) is 10.7. The van der Waals surface area contributed by atoms with Gasteiger partial charge in [0.15, 0.2) is 11.5 Å². The zero-order chi connectivity index (χ0) is 35.4. The molecule has 2 fully saturated rings. The van der Waals surface area contributed by atoms with E-state index in [-0.39, 0.29) is 5.91 Å². The van der Waals surface area contributed by atoms with Crippen LogP contribution in [0.15, 0.2) is 83.3 Å². The Morgan fingerprint density at radius 1 is 0.863 bits per heavy atom. The number of hydrogen-bond acceptors (Lipinski definition) is 8. The number of furan rings is 1. The highest BCUT2D eigenvalue weighted by atomic mass is 16.5. The number of nitrogens with one attached hydrogen (secondary N) is 1. The number of amides is 1. The lowest BCUT2D eigenvalue weighted by atomic mass is 9.77. The van der Waals surface area contributed by atoms with Gasteiger partial charge in [-0.05, 0) is 93.1 Å². The molecule has 2 aromatic heterocycles. The maximum atomic E-state index is 14.4. The number of aromatic nitrogens is 2. The molecule has 2 aliphatic rings. The van der Waals surface area contributed by atoms with Gasteiger partial charge in [0.1, 0.15) is 11.5 Å². The van der Waals surface area contributed by atoms with Crippen LogP contribution in [0.4, 0.5) is 5.95 Å². The highest BCUT2D eigenvalue weighted by Gasteiger charge is 2.46. The molecule has 0 saturated carbocycles. The fourth-order valence-corrected chi connectivity index (χ4v) is 7.89. The molecule has 1 unspecified atom stereocenters. The number of rotatable bonds is 14. The van der Waals surface area contributed by atoms with Crippen molar-refractivity contribution in [2.45, 2.75) is 58.2 Å². The molecule has 7 rings (SSSR count). The average Bonchev–Trinajstić information content (AvgIpc) is 3.82. The molecule has 268 valence electrons. The summed E-state index contributed by atoms with van der Waals surface area (Å²) in [6.45, 7) is 6.64. The van der Waals surface area contributed by atoms with Crippen molar-refractivity contribution in [1.82, 2.24) is 19.4 Å². The predicted molar refractivity (Wildman–Crippen MR) is 199 cm³/mol. The summed E-state index contributed by atoms with van der Waals surface area (Å²) in [6, 6.07) is 27.0. The second-order valence-corrected chi connectivity index (χ2v) is 14.0. The lowest BCUT2D eigenvalue weighted by molar-refractivity contribution is -0.137. The van der Waals surface area contributed by atoms with Crippen LogP contribution in [0.3, 0.4) is 0 Å². The summed E-state index contributed by atoms with van der Waals surface area (Å²) in [5.74, 6) is 4.68. The number of para-hydroxylation sites is 2. The van der Waals surface area contributed by atoms with Gasteiger partial charge in [0.25, 0.3) is 0 Å². The summed E-state index contributed by atoms with van der Waals surface area (Å²) in [5, 5.41) is 3.78. The quantitative estimate of drug-likeness (QED) is 0.134. The fraction of sp³-hybridized carbons (Fsp3) is 0.415. The van der Waals surface area contributed by atoms with Gasteiger partial charge in [-0.1, -0.05) is 42.5 Å². The first-order valence-corrected chi connectivity index (χ1v) is 18.0. The minimum absolute atomic E-state index is 0.224. The van der Waals surface area contributed by atoms with E-state index < -0.39 is 5.41 Å². The van der Waals surface area contributed by atoms with Crippen LogP contribution in [0.2, 0.25) is 0 Å². The Balaban J connectivity index is 1.01. The van der Waals surface area contributed by atoms with E-state index in [1.54, 1.807) is 21.3 Å². The Morgan fingerprint density at radius 2 is 1.59 bits per heavy atom. The van der Waals surface area contributed by atoms with Crippen LogP contribution in [0.1, 0.15) is 48.3 Å². The molecule has 3 aromatic carbocycles. The van der Waals surface area contributed by atoms with E-state index in [0.717, 1.165) is 85.8 Å². The summed E-state index contributed by atoms with van der Waals surface area (Å²) in [5.41, 5.74) is 3.78. The maximum absolute atomic E-state index is 14.4. The first kappa shape index (κ1) is 34.5. The second kappa shape index (κ2) is 15.1. The van der Waals surface area contributed by atoms with Crippen LogP contribution in [0.25, 0.3) is 11.0 Å². The van der Waals surface area contributed by atoms with Gasteiger partial charge in [0.05, 0.1) is 44.3 Å². The number of benzene rings is 3. The number of nitrogens with zero attached hydrogens (tertiary/aromatic N) is 4. The maximum Gasteiger partial charge on any atom is 0.229 e. The largest absolute Gasteiger partial charge is 0.493 e. The van der Waals surface area contributed by atoms with Gasteiger partial charge in [-0.3, -0.25) is 4.79 Å². The van der Waals surface area contributed by atoms with Crippen molar-refractivity contribution < 1.29 is 23.4 Å². The third-order valence-electron chi connectivity index (χ3n) is 10.7. The van der Waals surface area contributed by atoms with Crippen molar-refractivity contribution >= 4 is 22.9 Å². The number of fused-ring (bicyclic) bond motifs is 1. The normalized spacial score (nSPS) is 18.4. The number of carbonyl (C=O) groups excluding carboxylic acids is 1. The van der Waals surface area contributed by atoms with Gasteiger partial charge in [0, 0.05) is 32.2 Å². The number of likely N-dealkylation sites (tertiary alicyclic amines) is 2. The van der Waals surface area contributed by atoms with Crippen molar-refractivity contribution in [3.63, 3.8) is 0 Å². The van der Waals surface area contributed by atoms with Crippen LogP contribution in [0.5, 0.6) is 17.2 Å². The van der Waals surface area contributed by atoms with Crippen molar-refractivity contribution in [3.05, 3.63) is 102 Å². The zero-order valence-corrected chi connectivity index (χ0v) is 30.2. The van der Waals surface area contributed by atoms with Gasteiger partial charge in [-0.2, -0.15) is 0 Å². The lowest BCUT2D eigenvalue weighted by Crippen LogP contribution is -2.43. The van der Waals surface area contributed by atoms with E-state index in [2.05, 4.69) is 57.2 Å². The minimum atomic E-state index is -0.452. The van der Waals surface area contributed by atoms with Crippen molar-refractivity contribution in [1.29, 1.82) is 0 Å². The molecule has 0 bridgehead atoms. The van der Waals surface area contributed by atoms with Gasteiger partial charge in [0.2, 0.25) is 17.6 Å². The molecule has 1 atom stereocenters. The SMILES string of the molecule is COc1cc(CN2CCC(CCN3CCC(Nc4nc5ccccc5n4Cc4ccc(C)o4)CC3)(Cc3ccccc3)C2=O)cc(OC)c1OC. The van der Waals surface area contributed by atoms with Crippen LogP contribution in [0, 0.1) is 12.3 Å². The van der Waals surface area contributed by atoms with E-state index in [1.165, 1.54) is 5.56 Å². The molecule has 2 saturated heterocycles. The Labute approximate surface area is 300 Å². The number of aryl methyl sites for hydroxylation is 1. The Hall–Kier alpha value is -4.96. The standard InChI is InChI=1S/C41H49N5O5/c1-29-14-15-33(51-29)28-46-35-13-9-8-12-34(35)43-40(46)42-32-16-20-44(21-17-32)22-18-41(26-30-10-6-5-7-11-30)19-23-45(39(41)47)27-31-24-36(48-2)38(50-4)37(25-31)49-3/h5-15,24-25,32H,16-23,26-28H2,1-4H3,(H,42,43). The molecule has 0 radical (unpaired) electrons. The molecular weight excluding hydrogens is 642 g/mol. The van der Waals surface area contributed by atoms with Crippen molar-refractivity contribution in [3.8, 4) is 17.2 Å². The predicted octanol–water partition coefficient (Wildman–Crippen LogP) is 6.94. The molecule has 51 heavy (non-hydrogen) atoms. The Bertz CT molecular complexity index is 1920. The lowest BCUT2D eigenvalue weighted by Gasteiger charge is -2.35. The number of hydrogen-bond donors (Lipinski definition) is 1. The first-order chi connectivity index (χ1) is 24.9. The number of methoxy groups -OCH3 is 3. The van der Waals surface area contributed by atoms with Gasteiger partial charge in [-0.15, -0.1) is 0 Å². The van der Waals surface area contributed by atoms with Crippen LogP contribution >= 0.6 is 0 Å². The molecule has 1 amide bonds. The van der Waals surface area contributed by atoms with E-state index in [4.69, 9.17) is 23.6 Å². The van der Waals surface area contributed by atoms with Crippen LogP contribution in [-0.4, -0.2) is 78.8 Å². The van der Waals surface area contributed by atoms with E-state index in [1.807, 2.05) is 48.2 Å². The number of carbonyl (C=O) groups is 1. The first-order valence-electron chi connectivity index (χ1n) is 18.0. The van der Waals surface area contributed by atoms with Gasteiger partial charge in [-0.25, -0.2) is 4.98 Å². The Morgan fingerprint density at radius 3 is 2.27 bits per heavy atom. The van der Waals surface area contributed by atoms with E-state index in [9.17, 15) is 4.79 Å². The summed E-state index contributed by atoms with van der Waals surface area (Å²) < 4.78 is 24.9. The van der Waals surface area contributed by atoms with Crippen LogP contribution < -0.4 is 19.5 Å². The number of piperidine rings is 1. The molecule has 4 heterocycles. The van der Waals surface area contributed by atoms with Gasteiger partial charge >= 0.3 is 0 Å². The second-order valence-electron chi connectivity index (χ2n) is 14.0. The molecule has 0 spiro atoms. The molecule has 2 aliphatic heterocycles. The highest BCUT2D eigenvalue weighted by molar-refractivity contribution is 5.85. The minimum Gasteiger partial charge on any atom is -0.493 e. The Kier molecular flexibility index (Phi) is 10.2. The van der Waals surface area contributed by atoms with Crippen LogP contribution in [-0.2, 0) is 24.3 Å². The van der Waals surface area contributed by atoms with Crippen molar-refractivity contribution in [2.24, 2.45) is 5.41 Å². The highest BCUT2D eigenvalue weighted by Crippen LogP contribution is 2.42. The van der Waals surface area contributed by atoms with Gasteiger partial charge < -0.3 is 38.3 Å². The molecule has 5 aromatic rings. The molecule has 0 aliphatic carbocycles. The monoisotopic (exact) mass is 691 g/mol. The third kappa shape index (κ3) is 7.42. The molecule has 10 heteroatoms. The van der Waals surface area contributed by atoms with E-state index >= 15 is 0 Å². The smallest absolute Gasteiger partial charge is 0.229 e. The molecular formula is C41H49N5O5. The summed E-state index contributed by atoms with van der Waals surface area (Å²) in [6.07, 6.45) is 4.41. The summed E-state index contributed by atoms with van der Waals surface area (Å²) in [7, 11) is 4.83.